The third-order valence-electron chi connectivity index (χ3n) is 4.44. The zero-order chi connectivity index (χ0) is 19.3. The number of carbonyl (C=O) groups excluding carboxylic acids is 1. The smallest absolute Gasteiger partial charge is 0.244 e. The van der Waals surface area contributed by atoms with E-state index in [4.69, 9.17) is 10.5 Å². The minimum Gasteiger partial charge on any atom is -0.378 e. The van der Waals surface area contributed by atoms with Crippen molar-refractivity contribution >= 4 is 15.9 Å². The summed E-state index contributed by atoms with van der Waals surface area (Å²) in [6, 6.07) is 6.83. The van der Waals surface area contributed by atoms with E-state index >= 15 is 0 Å². The first-order chi connectivity index (χ1) is 12.2. The number of aryl methyl sites for hydroxylation is 1. The van der Waals surface area contributed by atoms with Gasteiger partial charge >= 0.3 is 0 Å². The average molecular weight is 384 g/mol. The minimum absolute atomic E-state index is 0.00271. The van der Waals surface area contributed by atoms with Crippen molar-refractivity contribution in [2.45, 2.75) is 32.9 Å². The first-order valence-electron chi connectivity index (χ1n) is 8.91. The molecule has 8 heteroatoms. The normalized spacial score (nSPS) is 17.5. The van der Waals surface area contributed by atoms with Gasteiger partial charge in [-0.05, 0) is 26.3 Å². The second kappa shape index (κ2) is 8.94. The second-order valence-electron chi connectivity index (χ2n) is 6.85. The lowest BCUT2D eigenvalue weighted by Gasteiger charge is -2.35. The molecular weight excluding hydrogens is 354 g/mol. The van der Waals surface area contributed by atoms with Crippen molar-refractivity contribution in [1.82, 2.24) is 9.21 Å². The molecule has 0 aromatic heterocycles. The van der Waals surface area contributed by atoms with E-state index in [-0.39, 0.29) is 37.5 Å². The predicted molar refractivity (Wildman–Crippen MR) is 101 cm³/mol. The third-order valence-corrected chi connectivity index (χ3v) is 6.27. The van der Waals surface area contributed by atoms with Crippen LogP contribution in [0.5, 0.6) is 0 Å². The number of piperazine rings is 1. The second-order valence-corrected chi connectivity index (χ2v) is 8.94. The minimum atomic E-state index is -3.37. The van der Waals surface area contributed by atoms with Gasteiger partial charge in [0.15, 0.2) is 0 Å². The molecular formula is C18H29N3O4S. The molecule has 1 amide bonds. The van der Waals surface area contributed by atoms with Crippen LogP contribution in [0.2, 0.25) is 0 Å². The molecule has 1 aromatic rings. The maximum absolute atomic E-state index is 12.6. The van der Waals surface area contributed by atoms with Crippen LogP contribution >= 0.6 is 0 Å². The fourth-order valence-electron chi connectivity index (χ4n) is 2.82. The molecule has 1 atom stereocenters. The molecule has 0 radical (unpaired) electrons. The van der Waals surface area contributed by atoms with Crippen LogP contribution in [-0.4, -0.2) is 68.2 Å². The van der Waals surface area contributed by atoms with Gasteiger partial charge in [-0.15, -0.1) is 0 Å². The molecule has 1 unspecified atom stereocenters. The Morgan fingerprint density at radius 1 is 1.15 bits per heavy atom. The topological polar surface area (TPSA) is 92.9 Å². The fraction of sp³-hybridized carbons (Fsp3) is 0.611. The molecule has 146 valence electrons. The molecule has 2 rings (SSSR count). The molecule has 1 saturated heterocycles. The lowest BCUT2D eigenvalue weighted by molar-refractivity contribution is -0.133. The molecule has 0 aliphatic carbocycles. The van der Waals surface area contributed by atoms with Gasteiger partial charge in [0.2, 0.25) is 15.9 Å². The molecule has 7 nitrogen and oxygen atoms in total. The van der Waals surface area contributed by atoms with Gasteiger partial charge in [-0.25, -0.2) is 8.42 Å². The molecule has 0 bridgehead atoms. The van der Waals surface area contributed by atoms with Crippen molar-refractivity contribution in [2.75, 3.05) is 38.5 Å². The molecule has 1 heterocycles. The molecule has 1 fully saturated rings. The van der Waals surface area contributed by atoms with E-state index < -0.39 is 16.1 Å². The summed E-state index contributed by atoms with van der Waals surface area (Å²) in [5.41, 5.74) is 7.96. The molecule has 1 aliphatic heterocycles. The molecule has 1 aliphatic rings. The van der Waals surface area contributed by atoms with Crippen LogP contribution in [0.3, 0.4) is 0 Å². The maximum atomic E-state index is 12.6. The quantitative estimate of drug-likeness (QED) is 0.755. The Balaban J connectivity index is 1.88. The number of hydrogen-bond acceptors (Lipinski definition) is 5. The number of benzene rings is 1. The Labute approximate surface area is 156 Å². The van der Waals surface area contributed by atoms with Gasteiger partial charge < -0.3 is 15.4 Å². The van der Waals surface area contributed by atoms with E-state index in [0.717, 1.165) is 11.1 Å². The number of rotatable bonds is 7. The predicted octanol–water partition coefficient (Wildman–Crippen LogP) is 0.894. The summed E-state index contributed by atoms with van der Waals surface area (Å²) in [5, 5.41) is 0. The van der Waals surface area contributed by atoms with Gasteiger partial charge in [0.1, 0.15) is 6.04 Å². The van der Waals surface area contributed by atoms with Gasteiger partial charge in [-0.1, -0.05) is 29.8 Å². The summed E-state index contributed by atoms with van der Waals surface area (Å²) < 4.78 is 31.5. The molecule has 2 N–H and O–H groups in total. The Bertz CT molecular complexity index is 696. The van der Waals surface area contributed by atoms with Crippen molar-refractivity contribution in [1.29, 1.82) is 0 Å². The summed E-state index contributed by atoms with van der Waals surface area (Å²) >= 11 is 0. The van der Waals surface area contributed by atoms with E-state index in [1.54, 1.807) is 4.90 Å². The van der Waals surface area contributed by atoms with Crippen LogP contribution in [0.25, 0.3) is 0 Å². The lowest BCUT2D eigenvalue weighted by Crippen LogP contribution is -2.53. The number of nitrogens with two attached hydrogens (primary N) is 1. The average Bonchev–Trinajstić information content (AvgIpc) is 2.61. The Morgan fingerprint density at radius 2 is 1.73 bits per heavy atom. The van der Waals surface area contributed by atoms with E-state index in [0.29, 0.717) is 13.1 Å². The maximum Gasteiger partial charge on any atom is 0.244 e. The summed E-state index contributed by atoms with van der Waals surface area (Å²) in [6.45, 7) is 7.17. The summed E-state index contributed by atoms with van der Waals surface area (Å²) in [5.74, 6) is -0.212. The van der Waals surface area contributed by atoms with Crippen molar-refractivity contribution in [3.63, 3.8) is 0 Å². The zero-order valence-electron chi connectivity index (χ0n) is 15.7. The van der Waals surface area contributed by atoms with Crippen LogP contribution in [0, 0.1) is 6.92 Å². The highest BCUT2D eigenvalue weighted by molar-refractivity contribution is 7.89. The van der Waals surface area contributed by atoms with Gasteiger partial charge in [0, 0.05) is 26.2 Å². The largest absolute Gasteiger partial charge is 0.378 e. The Hall–Kier alpha value is -1.48. The van der Waals surface area contributed by atoms with E-state index in [1.807, 2.05) is 45.0 Å². The Kier molecular flexibility index (Phi) is 7.16. The summed E-state index contributed by atoms with van der Waals surface area (Å²) in [7, 11) is -3.37. The number of sulfonamides is 1. The van der Waals surface area contributed by atoms with Crippen molar-refractivity contribution < 1.29 is 17.9 Å². The number of carbonyl (C=O) groups is 1. The van der Waals surface area contributed by atoms with Gasteiger partial charge in [-0.3, -0.25) is 4.79 Å². The summed E-state index contributed by atoms with van der Waals surface area (Å²) in [6.07, 6.45) is 0.00271. The molecule has 26 heavy (non-hydrogen) atoms. The van der Waals surface area contributed by atoms with Crippen LogP contribution in [-0.2, 0) is 19.6 Å². The number of ether oxygens (including phenoxy) is 1. The van der Waals surface area contributed by atoms with Crippen LogP contribution in [0.4, 0.5) is 0 Å². The van der Waals surface area contributed by atoms with E-state index in [2.05, 4.69) is 0 Å². The van der Waals surface area contributed by atoms with E-state index in [1.165, 1.54) is 4.31 Å². The highest BCUT2D eigenvalue weighted by atomic mass is 32.2. The SMILES string of the molecule is Cc1ccc(C(N)C(=O)N2CCN(S(=O)(=O)CCOC(C)C)CC2)cc1. The molecule has 1 aromatic carbocycles. The van der Waals surface area contributed by atoms with Gasteiger partial charge in [0.05, 0.1) is 18.5 Å². The monoisotopic (exact) mass is 383 g/mol. The number of nitrogens with zero attached hydrogens (tertiary/aromatic N) is 2. The van der Waals surface area contributed by atoms with Gasteiger partial charge in [0.25, 0.3) is 0 Å². The van der Waals surface area contributed by atoms with Crippen LogP contribution in [0.1, 0.15) is 31.0 Å². The standard InChI is InChI=1S/C18H29N3O4S/c1-14(2)25-12-13-26(23,24)21-10-8-20(9-11-21)18(22)17(19)16-6-4-15(3)5-7-16/h4-7,14,17H,8-13,19H2,1-3H3. The first-order valence-corrected chi connectivity index (χ1v) is 10.5. The van der Waals surface area contributed by atoms with Crippen molar-refractivity contribution in [3.8, 4) is 0 Å². The van der Waals surface area contributed by atoms with Crippen LogP contribution < -0.4 is 5.73 Å². The third kappa shape index (κ3) is 5.51. The first kappa shape index (κ1) is 20.8. The van der Waals surface area contributed by atoms with E-state index in [9.17, 15) is 13.2 Å². The zero-order valence-corrected chi connectivity index (χ0v) is 16.5. The summed E-state index contributed by atoms with van der Waals surface area (Å²) in [4.78, 5) is 14.2. The number of amides is 1. The lowest BCUT2D eigenvalue weighted by atomic mass is 10.0. The van der Waals surface area contributed by atoms with Crippen molar-refractivity contribution in [2.24, 2.45) is 5.73 Å². The molecule has 0 saturated carbocycles. The van der Waals surface area contributed by atoms with Crippen molar-refractivity contribution in [3.05, 3.63) is 35.4 Å². The highest BCUT2D eigenvalue weighted by Gasteiger charge is 2.30. The van der Waals surface area contributed by atoms with Gasteiger partial charge in [-0.2, -0.15) is 4.31 Å². The fourth-order valence-corrected chi connectivity index (χ4v) is 4.10. The Morgan fingerprint density at radius 3 is 2.27 bits per heavy atom. The number of hydrogen-bond donors (Lipinski definition) is 1. The van der Waals surface area contributed by atoms with Crippen LogP contribution in [0.15, 0.2) is 24.3 Å². The highest BCUT2D eigenvalue weighted by Crippen LogP contribution is 2.16. The molecule has 0 spiro atoms.